The van der Waals surface area contributed by atoms with Crippen LogP contribution in [-0.4, -0.2) is 32.9 Å². The number of anilines is 1. The standard InChI is InChI=1S/C14H18FN5O/c15-12-9-10(5-6-13(12)16)14-17-18-19-20(14)7-8-21-11-3-1-2-4-11/h5-6,9,11H,1-4,7-8,16H2. The maximum atomic E-state index is 13.5. The second-order valence-corrected chi connectivity index (χ2v) is 5.24. The van der Waals surface area contributed by atoms with Gasteiger partial charge in [-0.05, 0) is 41.5 Å². The number of rotatable bonds is 5. The summed E-state index contributed by atoms with van der Waals surface area (Å²) in [5.74, 6) is 0.0492. The van der Waals surface area contributed by atoms with Gasteiger partial charge in [-0.2, -0.15) is 0 Å². The molecule has 1 aliphatic carbocycles. The third-order valence-electron chi connectivity index (χ3n) is 3.75. The van der Waals surface area contributed by atoms with Crippen LogP contribution in [0, 0.1) is 5.82 Å². The Bertz CT molecular complexity index is 609. The van der Waals surface area contributed by atoms with Crippen molar-refractivity contribution in [3.05, 3.63) is 24.0 Å². The van der Waals surface area contributed by atoms with Crippen molar-refractivity contribution in [1.29, 1.82) is 0 Å². The average Bonchev–Trinajstić information content (AvgIpc) is 3.13. The van der Waals surface area contributed by atoms with Crippen LogP contribution in [0.15, 0.2) is 18.2 Å². The lowest BCUT2D eigenvalue weighted by Crippen LogP contribution is -2.14. The summed E-state index contributed by atoms with van der Waals surface area (Å²) in [5, 5.41) is 11.5. The zero-order valence-corrected chi connectivity index (χ0v) is 11.7. The van der Waals surface area contributed by atoms with Gasteiger partial charge in [0, 0.05) is 5.56 Å². The van der Waals surface area contributed by atoms with Crippen molar-refractivity contribution in [3.8, 4) is 11.4 Å². The molecule has 0 radical (unpaired) electrons. The van der Waals surface area contributed by atoms with Gasteiger partial charge in [-0.1, -0.05) is 12.8 Å². The van der Waals surface area contributed by atoms with Crippen molar-refractivity contribution in [2.24, 2.45) is 0 Å². The van der Waals surface area contributed by atoms with Gasteiger partial charge in [0.05, 0.1) is 24.9 Å². The van der Waals surface area contributed by atoms with Crippen LogP contribution in [0.1, 0.15) is 25.7 Å². The highest BCUT2D eigenvalue weighted by molar-refractivity contribution is 5.58. The summed E-state index contributed by atoms with van der Waals surface area (Å²) in [6.07, 6.45) is 5.10. The Labute approximate surface area is 122 Å². The number of benzene rings is 1. The number of nitrogen functional groups attached to an aromatic ring is 1. The number of aromatic nitrogens is 4. The molecule has 3 rings (SSSR count). The molecule has 1 aliphatic rings. The van der Waals surface area contributed by atoms with E-state index in [1.54, 1.807) is 10.7 Å². The zero-order valence-electron chi connectivity index (χ0n) is 11.7. The van der Waals surface area contributed by atoms with E-state index in [2.05, 4.69) is 15.5 Å². The van der Waals surface area contributed by atoms with Gasteiger partial charge in [0.15, 0.2) is 5.82 Å². The number of halogens is 1. The van der Waals surface area contributed by atoms with E-state index in [9.17, 15) is 4.39 Å². The van der Waals surface area contributed by atoms with Crippen molar-refractivity contribution in [2.75, 3.05) is 12.3 Å². The zero-order chi connectivity index (χ0) is 14.7. The first-order valence-corrected chi connectivity index (χ1v) is 7.17. The van der Waals surface area contributed by atoms with Crippen LogP contribution >= 0.6 is 0 Å². The fourth-order valence-electron chi connectivity index (χ4n) is 2.59. The highest BCUT2D eigenvalue weighted by Crippen LogP contribution is 2.22. The van der Waals surface area contributed by atoms with Gasteiger partial charge >= 0.3 is 0 Å². The van der Waals surface area contributed by atoms with Crippen LogP contribution in [-0.2, 0) is 11.3 Å². The molecule has 21 heavy (non-hydrogen) atoms. The number of hydrogen-bond donors (Lipinski definition) is 1. The summed E-state index contributed by atoms with van der Waals surface area (Å²) in [5.41, 5.74) is 6.19. The van der Waals surface area contributed by atoms with Crippen molar-refractivity contribution < 1.29 is 9.13 Å². The lowest BCUT2D eigenvalue weighted by atomic mass is 10.2. The lowest BCUT2D eigenvalue weighted by Gasteiger charge is -2.11. The van der Waals surface area contributed by atoms with Gasteiger partial charge in [-0.3, -0.25) is 0 Å². The maximum absolute atomic E-state index is 13.5. The molecule has 0 unspecified atom stereocenters. The predicted molar refractivity (Wildman–Crippen MR) is 75.8 cm³/mol. The lowest BCUT2D eigenvalue weighted by molar-refractivity contribution is 0.0514. The molecule has 0 amide bonds. The first kappa shape index (κ1) is 13.9. The van der Waals surface area contributed by atoms with Crippen LogP contribution in [0.25, 0.3) is 11.4 Å². The summed E-state index contributed by atoms with van der Waals surface area (Å²) in [7, 11) is 0. The minimum Gasteiger partial charge on any atom is -0.396 e. The highest BCUT2D eigenvalue weighted by atomic mass is 19.1. The van der Waals surface area contributed by atoms with E-state index in [1.807, 2.05) is 0 Å². The molecule has 0 bridgehead atoms. The van der Waals surface area contributed by atoms with Crippen molar-refractivity contribution >= 4 is 5.69 Å². The Morgan fingerprint density at radius 3 is 2.90 bits per heavy atom. The van der Waals surface area contributed by atoms with E-state index in [0.717, 1.165) is 12.8 Å². The molecule has 1 saturated carbocycles. The minimum absolute atomic E-state index is 0.113. The molecule has 0 saturated heterocycles. The van der Waals surface area contributed by atoms with Crippen molar-refractivity contribution in [3.63, 3.8) is 0 Å². The fraction of sp³-hybridized carbons (Fsp3) is 0.500. The summed E-state index contributed by atoms with van der Waals surface area (Å²) in [6.45, 7) is 1.10. The molecule has 1 heterocycles. The van der Waals surface area contributed by atoms with Crippen LogP contribution < -0.4 is 5.73 Å². The maximum Gasteiger partial charge on any atom is 0.182 e. The van der Waals surface area contributed by atoms with Gasteiger partial charge in [-0.15, -0.1) is 5.10 Å². The van der Waals surface area contributed by atoms with Gasteiger partial charge in [0.25, 0.3) is 0 Å². The van der Waals surface area contributed by atoms with E-state index in [1.165, 1.54) is 25.0 Å². The smallest absolute Gasteiger partial charge is 0.182 e. The Balaban J connectivity index is 1.66. The molecule has 2 aromatic rings. The molecule has 1 aromatic heterocycles. The van der Waals surface area contributed by atoms with Gasteiger partial charge < -0.3 is 10.5 Å². The summed E-state index contributed by atoms with van der Waals surface area (Å²) in [6, 6.07) is 4.56. The quantitative estimate of drug-likeness (QED) is 0.853. The van der Waals surface area contributed by atoms with E-state index in [4.69, 9.17) is 10.5 Å². The molecule has 0 aliphatic heterocycles. The predicted octanol–water partition coefficient (Wildman–Crippen LogP) is 2.02. The fourth-order valence-corrected chi connectivity index (χ4v) is 2.59. The first-order chi connectivity index (χ1) is 10.2. The average molecular weight is 291 g/mol. The van der Waals surface area contributed by atoms with Crippen molar-refractivity contribution in [2.45, 2.75) is 38.3 Å². The summed E-state index contributed by atoms with van der Waals surface area (Å²) >= 11 is 0. The minimum atomic E-state index is -0.468. The third-order valence-corrected chi connectivity index (χ3v) is 3.75. The molecular weight excluding hydrogens is 273 g/mol. The molecule has 2 N–H and O–H groups in total. The highest BCUT2D eigenvalue weighted by Gasteiger charge is 2.16. The van der Waals surface area contributed by atoms with Crippen LogP contribution in [0.3, 0.4) is 0 Å². The van der Waals surface area contributed by atoms with Gasteiger partial charge in [0.1, 0.15) is 5.82 Å². The number of nitrogens with zero attached hydrogens (tertiary/aromatic N) is 4. The van der Waals surface area contributed by atoms with E-state index in [0.29, 0.717) is 30.6 Å². The van der Waals surface area contributed by atoms with Gasteiger partial charge in [-0.25, -0.2) is 9.07 Å². The molecule has 6 nitrogen and oxygen atoms in total. The second kappa shape index (κ2) is 6.17. The molecular formula is C14H18FN5O. The SMILES string of the molecule is Nc1ccc(-c2nnnn2CCOC2CCCC2)cc1F. The number of nitrogens with two attached hydrogens (primary N) is 1. The molecule has 1 fully saturated rings. The van der Waals surface area contributed by atoms with Crippen LogP contribution in [0.2, 0.25) is 0 Å². The summed E-state index contributed by atoms with van der Waals surface area (Å²) < 4.78 is 21.0. The van der Waals surface area contributed by atoms with Gasteiger partial charge in [0.2, 0.25) is 0 Å². The number of hydrogen-bond acceptors (Lipinski definition) is 5. The van der Waals surface area contributed by atoms with E-state index >= 15 is 0 Å². The third kappa shape index (κ3) is 3.18. The number of tetrazole rings is 1. The second-order valence-electron chi connectivity index (χ2n) is 5.24. The molecule has 0 atom stereocenters. The van der Waals surface area contributed by atoms with Crippen LogP contribution in [0.5, 0.6) is 0 Å². The molecule has 112 valence electrons. The monoisotopic (exact) mass is 291 g/mol. The molecule has 0 spiro atoms. The Kier molecular flexibility index (Phi) is 4.10. The number of ether oxygens (including phenoxy) is 1. The Hall–Kier alpha value is -2.02. The Morgan fingerprint density at radius 2 is 2.14 bits per heavy atom. The van der Waals surface area contributed by atoms with Crippen molar-refractivity contribution in [1.82, 2.24) is 20.2 Å². The molecule has 1 aromatic carbocycles. The van der Waals surface area contributed by atoms with Crippen LogP contribution in [0.4, 0.5) is 10.1 Å². The molecule has 7 heteroatoms. The van der Waals surface area contributed by atoms with E-state index < -0.39 is 5.82 Å². The normalized spacial score (nSPS) is 15.7. The largest absolute Gasteiger partial charge is 0.396 e. The first-order valence-electron chi connectivity index (χ1n) is 7.17. The summed E-state index contributed by atoms with van der Waals surface area (Å²) in [4.78, 5) is 0. The topological polar surface area (TPSA) is 78.9 Å². The Morgan fingerprint density at radius 1 is 1.33 bits per heavy atom. The van der Waals surface area contributed by atoms with E-state index in [-0.39, 0.29) is 5.69 Å².